The maximum Gasteiger partial charge on any atom is 0.0846 e. The number of aryl methyl sites for hydroxylation is 1. The number of hydrogen-bond donors (Lipinski definition) is 2. The van der Waals surface area contributed by atoms with Crippen LogP contribution in [-0.2, 0) is 13.5 Å². The summed E-state index contributed by atoms with van der Waals surface area (Å²) >= 11 is 2.31. The number of rotatable bonds is 4. The van der Waals surface area contributed by atoms with Crippen molar-refractivity contribution in [2.75, 3.05) is 0 Å². The molecule has 1 aromatic heterocycles. The van der Waals surface area contributed by atoms with E-state index in [1.165, 1.54) is 9.13 Å². The Morgan fingerprint density at radius 2 is 2.24 bits per heavy atom. The summed E-state index contributed by atoms with van der Waals surface area (Å²) in [7, 11) is 1.85. The van der Waals surface area contributed by atoms with E-state index in [1.54, 1.807) is 4.68 Å². The molecule has 1 atom stereocenters. The Bertz CT molecular complexity index is 496. The molecule has 0 aliphatic carbocycles. The van der Waals surface area contributed by atoms with Crippen LogP contribution in [0.1, 0.15) is 17.3 Å². The fourth-order valence-electron chi connectivity index (χ4n) is 1.71. The molecule has 5 nitrogen and oxygen atoms in total. The Morgan fingerprint density at radius 3 is 2.82 bits per heavy atom. The maximum absolute atomic E-state index is 5.62. The lowest BCUT2D eigenvalue weighted by molar-refractivity contribution is 0.543. The smallest absolute Gasteiger partial charge is 0.0846 e. The summed E-state index contributed by atoms with van der Waals surface area (Å²) in [5.41, 5.74) is 4.94. The van der Waals surface area contributed by atoms with Crippen LogP contribution in [0.25, 0.3) is 0 Å². The topological polar surface area (TPSA) is 68.8 Å². The van der Waals surface area contributed by atoms with Crippen LogP contribution < -0.4 is 11.3 Å². The van der Waals surface area contributed by atoms with E-state index in [1.807, 2.05) is 25.4 Å². The van der Waals surface area contributed by atoms with Gasteiger partial charge in [0.25, 0.3) is 0 Å². The van der Waals surface area contributed by atoms with Gasteiger partial charge < -0.3 is 0 Å². The molecule has 0 radical (unpaired) electrons. The summed E-state index contributed by atoms with van der Waals surface area (Å²) in [4.78, 5) is 0. The van der Waals surface area contributed by atoms with Gasteiger partial charge in [-0.25, -0.2) is 0 Å². The van der Waals surface area contributed by atoms with E-state index in [2.05, 4.69) is 50.5 Å². The average molecular weight is 343 g/mol. The van der Waals surface area contributed by atoms with E-state index in [0.29, 0.717) is 0 Å². The third kappa shape index (κ3) is 3.02. The zero-order valence-electron chi connectivity index (χ0n) is 9.47. The monoisotopic (exact) mass is 343 g/mol. The quantitative estimate of drug-likeness (QED) is 0.497. The average Bonchev–Trinajstić information content (AvgIpc) is 2.73. The molecule has 0 amide bonds. The molecule has 17 heavy (non-hydrogen) atoms. The van der Waals surface area contributed by atoms with E-state index in [9.17, 15) is 0 Å². The van der Waals surface area contributed by atoms with E-state index < -0.39 is 0 Å². The van der Waals surface area contributed by atoms with Crippen molar-refractivity contribution in [1.29, 1.82) is 0 Å². The second kappa shape index (κ2) is 5.56. The molecule has 1 unspecified atom stereocenters. The van der Waals surface area contributed by atoms with E-state index in [4.69, 9.17) is 5.84 Å². The Kier molecular flexibility index (Phi) is 4.08. The lowest BCUT2D eigenvalue weighted by atomic mass is 10.0. The van der Waals surface area contributed by atoms with E-state index in [-0.39, 0.29) is 6.04 Å². The summed E-state index contributed by atoms with van der Waals surface area (Å²) in [5, 5.41) is 7.99. The van der Waals surface area contributed by atoms with Gasteiger partial charge in [-0.15, -0.1) is 5.10 Å². The number of nitrogens with two attached hydrogens (primary N) is 1. The second-order valence-electron chi connectivity index (χ2n) is 3.83. The number of nitrogens with zero attached hydrogens (tertiary/aromatic N) is 3. The third-order valence-electron chi connectivity index (χ3n) is 2.55. The first-order chi connectivity index (χ1) is 8.20. The van der Waals surface area contributed by atoms with Gasteiger partial charge in [0.05, 0.1) is 11.7 Å². The summed E-state index contributed by atoms with van der Waals surface area (Å²) < 4.78 is 2.88. The molecule has 0 aliphatic heterocycles. The minimum Gasteiger partial charge on any atom is -0.271 e. The number of hydrogen-bond acceptors (Lipinski definition) is 4. The molecule has 6 heteroatoms. The Hall–Kier alpha value is -0.990. The van der Waals surface area contributed by atoms with Crippen LogP contribution in [0.5, 0.6) is 0 Å². The van der Waals surface area contributed by atoms with Crippen molar-refractivity contribution in [1.82, 2.24) is 20.4 Å². The molecule has 2 rings (SSSR count). The van der Waals surface area contributed by atoms with Crippen LogP contribution in [0.15, 0.2) is 30.5 Å². The van der Waals surface area contributed by atoms with Gasteiger partial charge in [0.2, 0.25) is 0 Å². The van der Waals surface area contributed by atoms with Crippen LogP contribution in [-0.4, -0.2) is 15.0 Å². The molecule has 3 N–H and O–H groups in total. The predicted octanol–water partition coefficient (Wildman–Crippen LogP) is 1.17. The highest BCUT2D eigenvalue weighted by atomic mass is 127. The first-order valence-corrected chi connectivity index (χ1v) is 6.34. The highest BCUT2D eigenvalue weighted by Gasteiger charge is 2.14. The van der Waals surface area contributed by atoms with E-state index in [0.717, 1.165) is 12.1 Å². The predicted molar refractivity (Wildman–Crippen MR) is 73.9 cm³/mol. The van der Waals surface area contributed by atoms with Crippen molar-refractivity contribution in [3.63, 3.8) is 0 Å². The van der Waals surface area contributed by atoms with Crippen LogP contribution in [0.4, 0.5) is 0 Å². The number of benzene rings is 1. The molecule has 1 heterocycles. The van der Waals surface area contributed by atoms with Crippen molar-refractivity contribution in [3.8, 4) is 0 Å². The standard InChI is InChI=1S/C11H14IN5/c1-17-7-8(15-16-17)6-11(14-13)9-4-2-3-5-10(9)12/h2-5,7,11,14H,6,13H2,1H3. The first-order valence-electron chi connectivity index (χ1n) is 5.26. The molecule has 0 aliphatic rings. The number of hydrazine groups is 1. The number of halogens is 1. The summed E-state index contributed by atoms with van der Waals surface area (Å²) in [5.74, 6) is 5.62. The molecule has 0 spiro atoms. The minimum absolute atomic E-state index is 0.0554. The van der Waals surface area contributed by atoms with Gasteiger partial charge in [0.1, 0.15) is 0 Å². The van der Waals surface area contributed by atoms with Crippen LogP contribution in [0.3, 0.4) is 0 Å². The number of nitrogens with one attached hydrogen (secondary N) is 1. The van der Waals surface area contributed by atoms with Crippen molar-refractivity contribution in [3.05, 3.63) is 45.3 Å². The Balaban J connectivity index is 2.20. The normalized spacial score (nSPS) is 12.6. The largest absolute Gasteiger partial charge is 0.271 e. The molecule has 0 fully saturated rings. The van der Waals surface area contributed by atoms with Gasteiger partial charge in [0, 0.05) is 23.2 Å². The van der Waals surface area contributed by atoms with Crippen molar-refractivity contribution in [2.45, 2.75) is 12.5 Å². The lowest BCUT2D eigenvalue weighted by Crippen LogP contribution is -2.30. The molecule has 0 saturated carbocycles. The highest BCUT2D eigenvalue weighted by molar-refractivity contribution is 14.1. The molecule has 90 valence electrons. The molecule has 0 saturated heterocycles. The zero-order chi connectivity index (χ0) is 12.3. The first kappa shape index (κ1) is 12.5. The molecule has 0 bridgehead atoms. The third-order valence-corrected chi connectivity index (χ3v) is 3.53. The minimum atomic E-state index is 0.0554. The maximum atomic E-state index is 5.62. The molecule has 2 aromatic rings. The Labute approximate surface area is 114 Å². The van der Waals surface area contributed by atoms with Gasteiger partial charge >= 0.3 is 0 Å². The van der Waals surface area contributed by atoms with Crippen molar-refractivity contribution >= 4 is 22.6 Å². The highest BCUT2D eigenvalue weighted by Crippen LogP contribution is 2.21. The van der Waals surface area contributed by atoms with Gasteiger partial charge in [-0.3, -0.25) is 16.0 Å². The van der Waals surface area contributed by atoms with Crippen LogP contribution in [0.2, 0.25) is 0 Å². The van der Waals surface area contributed by atoms with Gasteiger partial charge in [-0.2, -0.15) is 0 Å². The molecular weight excluding hydrogens is 329 g/mol. The van der Waals surface area contributed by atoms with Crippen LogP contribution in [0, 0.1) is 3.57 Å². The van der Waals surface area contributed by atoms with Crippen LogP contribution >= 0.6 is 22.6 Å². The second-order valence-corrected chi connectivity index (χ2v) is 4.99. The van der Waals surface area contributed by atoms with Crippen molar-refractivity contribution < 1.29 is 0 Å². The Morgan fingerprint density at radius 1 is 1.47 bits per heavy atom. The van der Waals surface area contributed by atoms with E-state index >= 15 is 0 Å². The molecule has 1 aromatic carbocycles. The fraction of sp³-hybridized carbons (Fsp3) is 0.273. The zero-order valence-corrected chi connectivity index (χ0v) is 11.6. The molecular formula is C11H14IN5. The SMILES string of the molecule is Cn1cc(CC(NN)c2ccccc2I)nn1. The number of aromatic nitrogens is 3. The van der Waals surface area contributed by atoms with Crippen molar-refractivity contribution in [2.24, 2.45) is 12.9 Å². The fourth-order valence-corrected chi connectivity index (χ4v) is 2.48. The van der Waals surface area contributed by atoms with Gasteiger partial charge in [-0.05, 0) is 34.2 Å². The van der Waals surface area contributed by atoms with Gasteiger partial charge in [0.15, 0.2) is 0 Å². The lowest BCUT2D eigenvalue weighted by Gasteiger charge is -2.16. The van der Waals surface area contributed by atoms with Gasteiger partial charge in [-0.1, -0.05) is 23.4 Å². The summed E-state index contributed by atoms with van der Waals surface area (Å²) in [6.07, 6.45) is 2.63. The summed E-state index contributed by atoms with van der Waals surface area (Å²) in [6, 6.07) is 8.22. The summed E-state index contributed by atoms with van der Waals surface area (Å²) in [6.45, 7) is 0.